The molecule has 2 saturated heterocycles. The Balaban J connectivity index is 1.75. The molecule has 0 bridgehead atoms. The van der Waals surface area contributed by atoms with Crippen molar-refractivity contribution in [3.05, 3.63) is 24.3 Å². The molecule has 0 aromatic heterocycles. The van der Waals surface area contributed by atoms with Gasteiger partial charge in [-0.05, 0) is 38.2 Å². The average Bonchev–Trinajstić information content (AvgIpc) is 3.22. The Morgan fingerprint density at radius 3 is 2.76 bits per heavy atom. The van der Waals surface area contributed by atoms with E-state index < -0.39 is 0 Å². The summed E-state index contributed by atoms with van der Waals surface area (Å²) in [5.41, 5.74) is 0. The molecule has 0 spiro atoms. The van der Waals surface area contributed by atoms with Crippen LogP contribution in [-0.2, 0) is 14.3 Å². The minimum absolute atomic E-state index is 0.0503. The lowest BCUT2D eigenvalue weighted by atomic mass is 10.0. The van der Waals surface area contributed by atoms with Gasteiger partial charge in [-0.25, -0.2) is 0 Å². The number of allylic oxidation sites excluding steroid dienone is 1. The number of hydrogen-bond donors (Lipinski definition) is 0. The maximum atomic E-state index is 11.7. The van der Waals surface area contributed by atoms with Gasteiger partial charge in [0.25, 0.3) is 0 Å². The molecule has 3 heteroatoms. The standard InChI is InChI=1S/C18H28O3/c1-2-3-7-11-16-17(21-16)14-13-15-10-8-5-4-6-9-12-18(19)20-15/h3,7,13-17H,2,4-6,8-12H2,1H3/b7-3-,14-13+/t15-,16-,17+/m0/s1. The van der Waals surface area contributed by atoms with Gasteiger partial charge in [-0.2, -0.15) is 0 Å². The number of esters is 1. The molecule has 0 saturated carbocycles. The fourth-order valence-corrected chi connectivity index (χ4v) is 2.71. The zero-order chi connectivity index (χ0) is 14.9. The Kier molecular flexibility index (Phi) is 7.01. The number of carbonyl (C=O) groups excluding carboxylic acids is 1. The Bertz CT molecular complexity index is 373. The molecule has 3 atom stereocenters. The summed E-state index contributed by atoms with van der Waals surface area (Å²) in [5, 5.41) is 0. The highest BCUT2D eigenvalue weighted by atomic mass is 16.6. The minimum atomic E-state index is -0.0633. The first kappa shape index (κ1) is 16.3. The second kappa shape index (κ2) is 9.04. The summed E-state index contributed by atoms with van der Waals surface area (Å²) in [6.45, 7) is 2.13. The lowest BCUT2D eigenvalue weighted by molar-refractivity contribution is -0.147. The van der Waals surface area contributed by atoms with Gasteiger partial charge in [0.05, 0.1) is 6.10 Å². The predicted octanol–water partition coefficient (Wildman–Crippen LogP) is 4.32. The van der Waals surface area contributed by atoms with E-state index in [4.69, 9.17) is 9.47 Å². The van der Waals surface area contributed by atoms with Crippen LogP contribution in [-0.4, -0.2) is 24.3 Å². The summed E-state index contributed by atoms with van der Waals surface area (Å²) >= 11 is 0. The summed E-state index contributed by atoms with van der Waals surface area (Å²) in [6, 6.07) is 0. The average molecular weight is 292 g/mol. The summed E-state index contributed by atoms with van der Waals surface area (Å²) in [4.78, 5) is 11.7. The van der Waals surface area contributed by atoms with Crippen molar-refractivity contribution in [2.24, 2.45) is 0 Å². The van der Waals surface area contributed by atoms with Crippen LogP contribution >= 0.6 is 0 Å². The van der Waals surface area contributed by atoms with Crippen molar-refractivity contribution >= 4 is 5.97 Å². The van der Waals surface area contributed by atoms with Crippen LogP contribution in [0.25, 0.3) is 0 Å². The topological polar surface area (TPSA) is 38.8 Å². The second-order valence-corrected chi connectivity index (χ2v) is 5.97. The number of cyclic esters (lactones) is 1. The Labute approximate surface area is 128 Å². The highest BCUT2D eigenvalue weighted by molar-refractivity contribution is 5.69. The molecule has 0 unspecified atom stereocenters. The molecule has 0 aliphatic carbocycles. The molecule has 2 fully saturated rings. The van der Waals surface area contributed by atoms with Gasteiger partial charge >= 0.3 is 5.97 Å². The van der Waals surface area contributed by atoms with Gasteiger partial charge in [-0.1, -0.05) is 44.4 Å². The smallest absolute Gasteiger partial charge is 0.306 e. The van der Waals surface area contributed by atoms with E-state index in [1.165, 1.54) is 12.8 Å². The van der Waals surface area contributed by atoms with Crippen molar-refractivity contribution in [3.63, 3.8) is 0 Å². The molecule has 0 aromatic rings. The van der Waals surface area contributed by atoms with E-state index in [1.807, 2.05) is 6.08 Å². The molecule has 118 valence electrons. The van der Waals surface area contributed by atoms with Crippen LogP contribution < -0.4 is 0 Å². The maximum absolute atomic E-state index is 11.7. The first-order valence-electron chi connectivity index (χ1n) is 8.48. The number of ether oxygens (including phenoxy) is 2. The Morgan fingerprint density at radius 2 is 1.90 bits per heavy atom. The molecule has 0 N–H and O–H groups in total. The highest BCUT2D eigenvalue weighted by Gasteiger charge is 2.35. The van der Waals surface area contributed by atoms with Crippen molar-refractivity contribution in [1.29, 1.82) is 0 Å². The normalized spacial score (nSPS) is 31.5. The molecular formula is C18H28O3. The van der Waals surface area contributed by atoms with E-state index in [-0.39, 0.29) is 18.2 Å². The Hall–Kier alpha value is -1.09. The molecule has 0 radical (unpaired) electrons. The SMILES string of the molecule is CC/C=C\C[C@@H]1O[C@@H]1/C=C/[C@@H]1CCCCCCCC(=O)O1. The zero-order valence-electron chi connectivity index (χ0n) is 13.1. The molecule has 2 aliphatic heterocycles. The summed E-state index contributed by atoms with van der Waals surface area (Å²) in [5.74, 6) is -0.0503. The summed E-state index contributed by atoms with van der Waals surface area (Å²) in [7, 11) is 0. The van der Waals surface area contributed by atoms with Crippen LogP contribution in [0.1, 0.15) is 64.7 Å². The van der Waals surface area contributed by atoms with Crippen LogP contribution in [0.2, 0.25) is 0 Å². The van der Waals surface area contributed by atoms with Crippen molar-refractivity contribution in [1.82, 2.24) is 0 Å². The van der Waals surface area contributed by atoms with Crippen LogP contribution in [0.3, 0.4) is 0 Å². The molecule has 2 heterocycles. The van der Waals surface area contributed by atoms with E-state index in [2.05, 4.69) is 25.2 Å². The molecular weight excluding hydrogens is 264 g/mol. The van der Waals surface area contributed by atoms with E-state index >= 15 is 0 Å². The number of epoxide rings is 1. The van der Waals surface area contributed by atoms with Gasteiger partial charge in [0.2, 0.25) is 0 Å². The number of rotatable bonds is 5. The highest BCUT2D eigenvalue weighted by Crippen LogP contribution is 2.27. The third-order valence-corrected chi connectivity index (χ3v) is 4.06. The molecule has 2 rings (SSSR count). The first-order valence-corrected chi connectivity index (χ1v) is 8.48. The van der Waals surface area contributed by atoms with Crippen molar-refractivity contribution in [2.45, 2.75) is 83.0 Å². The quantitative estimate of drug-likeness (QED) is 0.430. The van der Waals surface area contributed by atoms with Crippen LogP contribution in [0, 0.1) is 0 Å². The van der Waals surface area contributed by atoms with E-state index in [1.54, 1.807) is 0 Å². The van der Waals surface area contributed by atoms with E-state index in [0.29, 0.717) is 12.5 Å². The largest absolute Gasteiger partial charge is 0.458 e. The summed E-state index contributed by atoms with van der Waals surface area (Å²) < 4.78 is 11.1. The van der Waals surface area contributed by atoms with Gasteiger partial charge in [-0.3, -0.25) is 4.79 Å². The molecule has 0 aromatic carbocycles. The van der Waals surface area contributed by atoms with Gasteiger partial charge in [0.1, 0.15) is 12.2 Å². The van der Waals surface area contributed by atoms with Crippen molar-refractivity contribution in [3.8, 4) is 0 Å². The Morgan fingerprint density at radius 1 is 1.10 bits per heavy atom. The zero-order valence-corrected chi connectivity index (χ0v) is 13.1. The van der Waals surface area contributed by atoms with Gasteiger partial charge in [-0.15, -0.1) is 0 Å². The van der Waals surface area contributed by atoms with Crippen LogP contribution in [0.15, 0.2) is 24.3 Å². The van der Waals surface area contributed by atoms with E-state index in [9.17, 15) is 4.79 Å². The molecule has 3 nitrogen and oxygen atoms in total. The molecule has 2 aliphatic rings. The van der Waals surface area contributed by atoms with Crippen LogP contribution in [0.4, 0.5) is 0 Å². The monoisotopic (exact) mass is 292 g/mol. The lowest BCUT2D eigenvalue weighted by Crippen LogP contribution is -2.17. The molecule has 21 heavy (non-hydrogen) atoms. The summed E-state index contributed by atoms with van der Waals surface area (Å²) in [6.07, 6.45) is 18.2. The minimum Gasteiger partial charge on any atom is -0.458 e. The second-order valence-electron chi connectivity index (χ2n) is 5.97. The predicted molar refractivity (Wildman–Crippen MR) is 84.0 cm³/mol. The third kappa shape index (κ3) is 6.47. The third-order valence-electron chi connectivity index (χ3n) is 4.06. The first-order chi connectivity index (χ1) is 10.3. The van der Waals surface area contributed by atoms with Gasteiger partial charge < -0.3 is 9.47 Å². The van der Waals surface area contributed by atoms with Crippen LogP contribution in [0.5, 0.6) is 0 Å². The fraction of sp³-hybridized carbons (Fsp3) is 0.722. The number of hydrogen-bond acceptors (Lipinski definition) is 3. The van der Waals surface area contributed by atoms with E-state index in [0.717, 1.165) is 38.5 Å². The van der Waals surface area contributed by atoms with Gasteiger partial charge in [0, 0.05) is 6.42 Å². The number of carbonyl (C=O) groups is 1. The van der Waals surface area contributed by atoms with Crippen molar-refractivity contribution < 1.29 is 14.3 Å². The van der Waals surface area contributed by atoms with Gasteiger partial charge in [0.15, 0.2) is 0 Å². The lowest BCUT2D eigenvalue weighted by Gasteiger charge is -2.16. The fourth-order valence-electron chi connectivity index (χ4n) is 2.71. The molecule has 0 amide bonds. The maximum Gasteiger partial charge on any atom is 0.306 e. The van der Waals surface area contributed by atoms with Crippen molar-refractivity contribution in [2.75, 3.05) is 0 Å².